The molecule has 2 aliphatic heterocycles. The first-order valence-electron chi connectivity index (χ1n) is 13.7. The Bertz CT molecular complexity index is 1720. The summed E-state index contributed by atoms with van der Waals surface area (Å²) in [6.45, 7) is 9.21. The van der Waals surface area contributed by atoms with E-state index >= 15 is 0 Å². The van der Waals surface area contributed by atoms with Crippen molar-refractivity contribution in [3.05, 3.63) is 95.5 Å². The molecule has 1 aromatic heterocycles. The summed E-state index contributed by atoms with van der Waals surface area (Å²) in [6, 6.07) is 20.3. The second-order valence-corrected chi connectivity index (χ2v) is 11.9. The molecule has 42 heavy (non-hydrogen) atoms. The van der Waals surface area contributed by atoms with Gasteiger partial charge in [-0.3, -0.25) is 4.90 Å². The second kappa shape index (κ2) is 10.8. The van der Waals surface area contributed by atoms with Crippen LogP contribution in [-0.2, 0) is 0 Å². The molecule has 1 N–H and O–H groups in total. The number of thioether (sulfide) groups is 1. The Labute approximate surface area is 248 Å². The highest BCUT2D eigenvalue weighted by Crippen LogP contribution is 2.46. The van der Waals surface area contributed by atoms with E-state index in [0.717, 1.165) is 22.7 Å². The zero-order valence-electron chi connectivity index (χ0n) is 24.1. The van der Waals surface area contributed by atoms with Gasteiger partial charge < -0.3 is 10.1 Å². The van der Waals surface area contributed by atoms with Crippen molar-refractivity contribution in [2.75, 3.05) is 16.0 Å². The van der Waals surface area contributed by atoms with Crippen molar-refractivity contribution in [1.82, 2.24) is 14.8 Å². The average Bonchev–Trinajstić information content (AvgIpc) is 3.60. The number of benzene rings is 3. The molecular formula is C32H31FN6O2S. The molecule has 0 aliphatic carbocycles. The van der Waals surface area contributed by atoms with E-state index in [2.05, 4.69) is 64.3 Å². The van der Waals surface area contributed by atoms with Crippen LogP contribution in [0.2, 0.25) is 0 Å². The Kier molecular flexibility index (Phi) is 7.10. The zero-order valence-corrected chi connectivity index (χ0v) is 24.9. The molecular weight excluding hydrogens is 551 g/mol. The van der Waals surface area contributed by atoms with E-state index in [1.54, 1.807) is 59.2 Å². The van der Waals surface area contributed by atoms with Crippen LogP contribution in [0.1, 0.15) is 44.7 Å². The van der Waals surface area contributed by atoms with Crippen molar-refractivity contribution in [3.63, 3.8) is 0 Å². The van der Waals surface area contributed by atoms with Crippen LogP contribution in [0.3, 0.4) is 0 Å². The Morgan fingerprint density at radius 3 is 2.55 bits per heavy atom. The van der Waals surface area contributed by atoms with Gasteiger partial charge in [0.05, 0.1) is 11.4 Å². The monoisotopic (exact) mass is 582 g/mol. The number of urea groups is 1. The number of aliphatic imine (C=N–C) groups is 1. The van der Waals surface area contributed by atoms with Crippen LogP contribution in [0.5, 0.6) is 5.75 Å². The number of rotatable bonds is 5. The van der Waals surface area contributed by atoms with Crippen molar-refractivity contribution in [1.29, 1.82) is 0 Å². The van der Waals surface area contributed by atoms with E-state index in [0.29, 0.717) is 28.3 Å². The minimum atomic E-state index is -1.76. The van der Waals surface area contributed by atoms with E-state index in [-0.39, 0.29) is 0 Å². The normalized spacial score (nSPS) is 17.3. The summed E-state index contributed by atoms with van der Waals surface area (Å²) >= 11 is 1.58. The van der Waals surface area contributed by atoms with Gasteiger partial charge in [-0.1, -0.05) is 36.4 Å². The molecule has 2 amide bonds. The third-order valence-corrected chi connectivity index (χ3v) is 8.29. The first-order valence-corrected chi connectivity index (χ1v) is 14.7. The van der Waals surface area contributed by atoms with E-state index in [4.69, 9.17) is 4.74 Å². The number of anilines is 2. The average molecular weight is 583 g/mol. The Hall–Kier alpha value is -4.44. The van der Waals surface area contributed by atoms with E-state index < -0.39 is 11.9 Å². The number of fused-ring (bicyclic) bond motifs is 3. The van der Waals surface area contributed by atoms with Gasteiger partial charge in [0.15, 0.2) is 11.0 Å². The largest absolute Gasteiger partial charge is 0.459 e. The van der Waals surface area contributed by atoms with Gasteiger partial charge in [-0.2, -0.15) is 9.38 Å². The van der Waals surface area contributed by atoms with E-state index in [9.17, 15) is 9.18 Å². The molecule has 8 nitrogen and oxygen atoms in total. The maximum Gasteiger partial charge on any atom is 0.347 e. The van der Waals surface area contributed by atoms with E-state index in [1.165, 1.54) is 36.2 Å². The summed E-state index contributed by atoms with van der Waals surface area (Å²) in [7, 11) is 0. The van der Waals surface area contributed by atoms with Gasteiger partial charge in [0, 0.05) is 42.5 Å². The van der Waals surface area contributed by atoms with E-state index in [1.807, 2.05) is 12.1 Å². The number of allylic oxidation sites excluding steroid dienone is 1. The molecule has 1 atom stereocenters. The first-order chi connectivity index (χ1) is 20.1. The summed E-state index contributed by atoms with van der Waals surface area (Å²) in [4.78, 5) is 23.9. The highest BCUT2D eigenvalue weighted by molar-refractivity contribution is 8.14. The quantitative estimate of drug-likeness (QED) is 0.258. The molecule has 2 aliphatic rings. The number of nitrogens with zero attached hydrogens (tertiary/aromatic N) is 5. The number of halogens is 1. The van der Waals surface area contributed by atoms with Crippen LogP contribution in [0.4, 0.5) is 20.6 Å². The summed E-state index contributed by atoms with van der Waals surface area (Å²) in [5.41, 5.74) is 8.26. The van der Waals surface area contributed by atoms with Gasteiger partial charge in [0.2, 0.25) is 5.85 Å². The topological polar surface area (TPSA) is 84.6 Å². The van der Waals surface area contributed by atoms with Crippen LogP contribution in [0.25, 0.3) is 17.1 Å². The lowest BCUT2D eigenvalue weighted by molar-refractivity contribution is -0.0257. The third-order valence-electron chi connectivity index (χ3n) is 7.34. The number of amidine groups is 1. The van der Waals surface area contributed by atoms with Gasteiger partial charge in [-0.05, 0) is 79.6 Å². The van der Waals surface area contributed by atoms with Crippen molar-refractivity contribution < 1.29 is 13.9 Å². The summed E-state index contributed by atoms with van der Waals surface area (Å²) in [5.74, 6) is 0.321. The van der Waals surface area contributed by atoms with Crippen LogP contribution in [0, 0.1) is 6.92 Å². The zero-order chi connectivity index (χ0) is 29.6. The fraction of sp³-hybridized carbons (Fsp3) is 0.250. The first kappa shape index (κ1) is 27.7. The standard InChI is InChI=1S/C32H31FN6O2S/c1-19-6-15-27-26(16-19)20(2)21(3)28-17-42-31(39(27)28)36-30(40)35-23-9-7-22(8-10-23)29-34-18-38(37-29)24-11-13-25(14-12-24)41-32(4,5)33/h6-16,18,20H,17H2,1-5H3,(H,35,40)/b36-31-. The lowest BCUT2D eigenvalue weighted by Crippen LogP contribution is -2.30. The van der Waals surface area contributed by atoms with Gasteiger partial charge in [-0.15, -0.1) is 5.10 Å². The highest BCUT2D eigenvalue weighted by atomic mass is 32.2. The highest BCUT2D eigenvalue weighted by Gasteiger charge is 2.36. The Balaban J connectivity index is 1.14. The predicted octanol–water partition coefficient (Wildman–Crippen LogP) is 7.86. The maximum atomic E-state index is 13.7. The molecule has 214 valence electrons. The molecule has 0 bridgehead atoms. The van der Waals surface area contributed by atoms with Gasteiger partial charge in [0.25, 0.3) is 0 Å². The number of hydrogen-bond acceptors (Lipinski definition) is 5. The fourth-order valence-corrected chi connectivity index (χ4v) is 6.22. The van der Waals surface area contributed by atoms with Crippen molar-refractivity contribution in [2.45, 2.75) is 46.4 Å². The molecule has 1 saturated heterocycles. The van der Waals surface area contributed by atoms with Crippen molar-refractivity contribution in [2.24, 2.45) is 4.99 Å². The molecule has 6 rings (SSSR count). The Morgan fingerprint density at radius 2 is 1.83 bits per heavy atom. The number of carbonyl (C=O) groups is 1. The van der Waals surface area contributed by atoms with Crippen LogP contribution < -0.4 is 15.0 Å². The number of nitrogens with one attached hydrogen (secondary N) is 1. The summed E-state index contributed by atoms with van der Waals surface area (Å²) < 4.78 is 20.6. The summed E-state index contributed by atoms with van der Waals surface area (Å²) in [5, 5.41) is 8.12. The number of alkyl halides is 1. The number of aromatic nitrogens is 3. The van der Waals surface area contributed by atoms with Gasteiger partial charge in [0.1, 0.15) is 12.1 Å². The fourth-order valence-electron chi connectivity index (χ4n) is 5.11. The maximum absolute atomic E-state index is 13.7. The van der Waals surface area contributed by atoms with Crippen LogP contribution in [0.15, 0.2) is 89.3 Å². The lowest BCUT2D eigenvalue weighted by Gasteiger charge is -2.33. The molecule has 1 fully saturated rings. The molecule has 4 aromatic rings. The molecule has 3 heterocycles. The molecule has 3 aromatic carbocycles. The van der Waals surface area contributed by atoms with Crippen LogP contribution >= 0.6 is 11.8 Å². The predicted molar refractivity (Wildman–Crippen MR) is 166 cm³/mol. The lowest BCUT2D eigenvalue weighted by atomic mass is 9.86. The van der Waals surface area contributed by atoms with Gasteiger partial charge in [-0.25, -0.2) is 14.5 Å². The minimum absolute atomic E-state index is 0.328. The third kappa shape index (κ3) is 5.54. The number of hydrogen-bond donors (Lipinski definition) is 1. The summed E-state index contributed by atoms with van der Waals surface area (Å²) in [6.07, 6.45) is 1.61. The molecule has 10 heteroatoms. The number of ether oxygens (including phenoxy) is 1. The number of amides is 2. The molecule has 0 spiro atoms. The number of aryl methyl sites for hydroxylation is 1. The molecule has 0 radical (unpaired) electrons. The Morgan fingerprint density at radius 1 is 1.10 bits per heavy atom. The molecule has 1 unspecified atom stereocenters. The van der Waals surface area contributed by atoms with Crippen LogP contribution in [-0.4, -0.2) is 37.6 Å². The molecule has 0 saturated carbocycles. The minimum Gasteiger partial charge on any atom is -0.459 e. The SMILES string of the molecule is CC1=C2CS/C(=N\C(=O)Nc3ccc(-c4ncn(-c5ccc(OC(C)(C)F)cc5)n4)cc3)N2c2ccc(C)cc2C1C. The smallest absolute Gasteiger partial charge is 0.347 e. The van der Waals surface area contributed by atoms with Crippen molar-refractivity contribution >= 4 is 34.3 Å². The second-order valence-electron chi connectivity index (χ2n) is 10.9. The van der Waals surface area contributed by atoms with Crippen molar-refractivity contribution in [3.8, 4) is 22.8 Å². The van der Waals surface area contributed by atoms with Gasteiger partial charge >= 0.3 is 6.03 Å². The number of carbonyl (C=O) groups excluding carboxylic acids is 1.